The molecule has 1 aliphatic rings. The zero-order chi connectivity index (χ0) is 14.2. The zero-order valence-corrected chi connectivity index (χ0v) is 11.7. The maximum atomic E-state index is 12.2. The topological polar surface area (TPSA) is 79.0 Å². The van der Waals surface area contributed by atoms with Crippen molar-refractivity contribution in [3.05, 3.63) is 36.0 Å². The number of hydrogen-bond acceptors (Lipinski definition) is 3. The Hall–Kier alpha value is -1.82. The van der Waals surface area contributed by atoms with Crippen molar-refractivity contribution in [2.75, 3.05) is 11.5 Å². The number of sulfone groups is 1. The number of carbonyl (C=O) groups excluding carboxylic acids is 1. The van der Waals surface area contributed by atoms with Crippen LogP contribution in [0.2, 0.25) is 0 Å². The first-order valence-electron chi connectivity index (χ1n) is 6.62. The Morgan fingerprint density at radius 1 is 1.20 bits per heavy atom. The molecule has 0 saturated carbocycles. The lowest BCUT2D eigenvalue weighted by Crippen LogP contribution is -2.40. The molecule has 1 aromatic heterocycles. The molecule has 5 nitrogen and oxygen atoms in total. The van der Waals surface area contributed by atoms with Crippen LogP contribution in [-0.4, -0.2) is 36.9 Å². The van der Waals surface area contributed by atoms with Crippen molar-refractivity contribution in [3.8, 4) is 0 Å². The van der Waals surface area contributed by atoms with Crippen LogP contribution in [0, 0.1) is 0 Å². The molecule has 1 amide bonds. The largest absolute Gasteiger partial charge is 0.361 e. The van der Waals surface area contributed by atoms with E-state index in [2.05, 4.69) is 10.3 Å². The zero-order valence-electron chi connectivity index (χ0n) is 10.9. The average molecular weight is 292 g/mol. The monoisotopic (exact) mass is 292 g/mol. The summed E-state index contributed by atoms with van der Waals surface area (Å²) < 4.78 is 22.7. The molecule has 2 N–H and O–H groups in total. The quantitative estimate of drug-likeness (QED) is 0.880. The number of aromatic amines is 1. The van der Waals surface area contributed by atoms with Crippen molar-refractivity contribution in [1.29, 1.82) is 0 Å². The van der Waals surface area contributed by atoms with Gasteiger partial charge in [-0.3, -0.25) is 4.79 Å². The number of carbonyl (C=O) groups is 1. The lowest BCUT2D eigenvalue weighted by atomic mass is 10.1. The van der Waals surface area contributed by atoms with Crippen LogP contribution in [0.1, 0.15) is 23.2 Å². The van der Waals surface area contributed by atoms with Crippen LogP contribution in [0.4, 0.5) is 0 Å². The van der Waals surface area contributed by atoms with Gasteiger partial charge in [-0.05, 0) is 37.1 Å². The fourth-order valence-electron chi connectivity index (χ4n) is 2.50. The summed E-state index contributed by atoms with van der Waals surface area (Å²) in [5.74, 6) is 0.182. The first-order chi connectivity index (χ1) is 9.53. The van der Waals surface area contributed by atoms with Gasteiger partial charge in [0.25, 0.3) is 5.91 Å². The van der Waals surface area contributed by atoms with Crippen LogP contribution < -0.4 is 5.32 Å². The Balaban J connectivity index is 1.70. The molecule has 106 valence electrons. The van der Waals surface area contributed by atoms with E-state index in [0.717, 1.165) is 10.9 Å². The molecule has 0 aliphatic carbocycles. The van der Waals surface area contributed by atoms with Gasteiger partial charge in [0.05, 0.1) is 11.5 Å². The normalized spacial score (nSPS) is 19.0. The van der Waals surface area contributed by atoms with E-state index in [1.54, 1.807) is 6.07 Å². The molecule has 0 atom stereocenters. The van der Waals surface area contributed by atoms with Gasteiger partial charge in [-0.2, -0.15) is 0 Å². The molecular weight excluding hydrogens is 276 g/mol. The second-order valence-corrected chi connectivity index (χ2v) is 7.48. The van der Waals surface area contributed by atoms with E-state index in [9.17, 15) is 13.2 Å². The van der Waals surface area contributed by atoms with Gasteiger partial charge in [0.2, 0.25) is 0 Å². The highest BCUT2D eigenvalue weighted by Gasteiger charge is 2.24. The number of H-pyrrole nitrogens is 1. The SMILES string of the molecule is O=C(NC1CCS(=O)(=O)CC1)c1ccc2[nH]ccc2c1. The Labute approximate surface area is 117 Å². The van der Waals surface area contributed by atoms with Gasteiger partial charge in [0, 0.05) is 28.7 Å². The van der Waals surface area contributed by atoms with Crippen molar-refractivity contribution >= 4 is 26.6 Å². The molecule has 0 radical (unpaired) electrons. The molecule has 0 bridgehead atoms. The van der Waals surface area contributed by atoms with Gasteiger partial charge in [0.1, 0.15) is 9.84 Å². The molecule has 1 fully saturated rings. The third kappa shape index (κ3) is 2.70. The van der Waals surface area contributed by atoms with Crippen LogP contribution >= 0.6 is 0 Å². The Kier molecular flexibility index (Phi) is 3.25. The van der Waals surface area contributed by atoms with Crippen molar-refractivity contribution in [2.24, 2.45) is 0 Å². The highest BCUT2D eigenvalue weighted by molar-refractivity contribution is 7.91. The van der Waals surface area contributed by atoms with Gasteiger partial charge >= 0.3 is 0 Å². The number of benzene rings is 1. The van der Waals surface area contributed by atoms with Crippen molar-refractivity contribution in [1.82, 2.24) is 10.3 Å². The van der Waals surface area contributed by atoms with E-state index in [-0.39, 0.29) is 23.5 Å². The Bertz CT molecular complexity index is 735. The minimum atomic E-state index is -2.89. The van der Waals surface area contributed by atoms with Gasteiger partial charge in [-0.1, -0.05) is 0 Å². The molecule has 2 aromatic rings. The van der Waals surface area contributed by atoms with Crippen LogP contribution in [0.5, 0.6) is 0 Å². The van der Waals surface area contributed by atoms with E-state index in [0.29, 0.717) is 18.4 Å². The third-order valence-corrected chi connectivity index (χ3v) is 5.42. The van der Waals surface area contributed by atoms with Gasteiger partial charge < -0.3 is 10.3 Å². The Morgan fingerprint density at radius 3 is 2.70 bits per heavy atom. The smallest absolute Gasteiger partial charge is 0.251 e. The van der Waals surface area contributed by atoms with Gasteiger partial charge in [0.15, 0.2) is 0 Å². The fourth-order valence-corrected chi connectivity index (χ4v) is 3.99. The summed E-state index contributed by atoms with van der Waals surface area (Å²) in [5, 5.41) is 3.91. The maximum absolute atomic E-state index is 12.2. The van der Waals surface area contributed by atoms with Crippen molar-refractivity contribution in [3.63, 3.8) is 0 Å². The number of rotatable bonds is 2. The molecule has 6 heteroatoms. The number of amides is 1. The summed E-state index contributed by atoms with van der Waals surface area (Å²) in [7, 11) is -2.89. The summed E-state index contributed by atoms with van der Waals surface area (Å²) in [6.07, 6.45) is 2.83. The van der Waals surface area contributed by atoms with Crippen LogP contribution in [0.3, 0.4) is 0 Å². The van der Waals surface area contributed by atoms with E-state index < -0.39 is 9.84 Å². The van der Waals surface area contributed by atoms with Crippen molar-refractivity contribution in [2.45, 2.75) is 18.9 Å². The molecular formula is C14H16N2O3S. The molecule has 20 heavy (non-hydrogen) atoms. The van der Waals surface area contributed by atoms with Crippen LogP contribution in [-0.2, 0) is 9.84 Å². The third-order valence-electron chi connectivity index (χ3n) is 3.71. The number of fused-ring (bicyclic) bond motifs is 1. The summed E-state index contributed by atoms with van der Waals surface area (Å²) in [6, 6.07) is 7.34. The van der Waals surface area contributed by atoms with E-state index in [1.807, 2.05) is 24.4 Å². The number of aromatic nitrogens is 1. The molecule has 1 aromatic carbocycles. The van der Waals surface area contributed by atoms with Crippen molar-refractivity contribution < 1.29 is 13.2 Å². The predicted octanol–water partition coefficient (Wildman–Crippen LogP) is 1.47. The van der Waals surface area contributed by atoms with E-state index in [1.165, 1.54) is 0 Å². The minimum Gasteiger partial charge on any atom is -0.361 e. The van der Waals surface area contributed by atoms with E-state index in [4.69, 9.17) is 0 Å². The molecule has 1 saturated heterocycles. The highest BCUT2D eigenvalue weighted by Crippen LogP contribution is 2.16. The molecule has 3 rings (SSSR count). The molecule has 2 heterocycles. The summed E-state index contributed by atoms with van der Waals surface area (Å²) >= 11 is 0. The number of hydrogen-bond donors (Lipinski definition) is 2. The summed E-state index contributed by atoms with van der Waals surface area (Å²) in [4.78, 5) is 15.2. The molecule has 0 spiro atoms. The molecule has 1 aliphatic heterocycles. The predicted molar refractivity (Wildman–Crippen MR) is 77.4 cm³/mol. The first kappa shape index (κ1) is 13.2. The number of nitrogens with one attached hydrogen (secondary N) is 2. The van der Waals surface area contributed by atoms with Crippen LogP contribution in [0.25, 0.3) is 10.9 Å². The summed E-state index contributed by atoms with van der Waals surface area (Å²) in [6.45, 7) is 0. The van der Waals surface area contributed by atoms with Crippen LogP contribution in [0.15, 0.2) is 30.5 Å². The molecule has 0 unspecified atom stereocenters. The average Bonchev–Trinajstić information content (AvgIpc) is 2.88. The van der Waals surface area contributed by atoms with Gasteiger partial charge in [-0.25, -0.2) is 8.42 Å². The van der Waals surface area contributed by atoms with E-state index >= 15 is 0 Å². The fraction of sp³-hybridized carbons (Fsp3) is 0.357. The lowest BCUT2D eigenvalue weighted by Gasteiger charge is -2.23. The lowest BCUT2D eigenvalue weighted by molar-refractivity contribution is 0.0934. The standard InChI is InChI=1S/C14H16N2O3S/c17-14(16-12-4-7-20(18,19)8-5-12)11-1-2-13-10(9-11)3-6-15-13/h1-3,6,9,12,15H,4-5,7-8H2,(H,16,17). The minimum absolute atomic E-state index is 0.0482. The Morgan fingerprint density at radius 2 is 1.95 bits per heavy atom. The van der Waals surface area contributed by atoms with Gasteiger partial charge in [-0.15, -0.1) is 0 Å². The second kappa shape index (κ2) is 4.94. The summed E-state index contributed by atoms with van der Waals surface area (Å²) in [5.41, 5.74) is 1.59. The first-order valence-corrected chi connectivity index (χ1v) is 8.44. The second-order valence-electron chi connectivity index (χ2n) is 5.18. The maximum Gasteiger partial charge on any atom is 0.251 e. The highest BCUT2D eigenvalue weighted by atomic mass is 32.2.